The number of carbonyl (C=O) groups is 2. The van der Waals surface area contributed by atoms with Crippen molar-refractivity contribution in [2.75, 3.05) is 20.1 Å². The Hall–Kier alpha value is -1.77. The number of fused-ring (bicyclic) bond motifs is 1. The van der Waals surface area contributed by atoms with E-state index in [4.69, 9.17) is 41.2 Å². The molecule has 0 bridgehead atoms. The molecule has 2 amide bonds. The monoisotopic (exact) mass is 611 g/mol. The van der Waals surface area contributed by atoms with Crippen molar-refractivity contribution in [1.29, 1.82) is 0 Å². The van der Waals surface area contributed by atoms with Gasteiger partial charge in [0, 0.05) is 18.3 Å². The number of hydrogen-bond donors (Lipinski definition) is 2. The highest BCUT2D eigenvalue weighted by atomic mass is 35.5. The van der Waals surface area contributed by atoms with Crippen molar-refractivity contribution in [1.82, 2.24) is 10.6 Å². The number of hydrogen-bond acceptors (Lipinski definition) is 5. The van der Waals surface area contributed by atoms with Gasteiger partial charge in [-0.05, 0) is 43.7 Å². The standard InChI is InChI=1S/C24H23Cl3F3N3O2S2/c1-4-9-32-15(34)11-33-22(35)19-13-8-6-5-7-12(13)18(36-19)14(31-3)10-23(2,24(28,29)30)20-16(25)17(26)21(27)37-20/h1H,5-11H2,2-3H3,(H,32,34)(H,33,35)/b31-14+/t23-/m0/s1. The van der Waals surface area contributed by atoms with Crippen LogP contribution in [0, 0.1) is 12.3 Å². The number of amides is 2. The Morgan fingerprint density at radius 3 is 2.19 bits per heavy atom. The molecule has 200 valence electrons. The molecule has 5 nitrogen and oxygen atoms in total. The molecule has 0 unspecified atom stereocenters. The number of nitrogens with zero attached hydrogens (tertiary/aromatic N) is 1. The van der Waals surface area contributed by atoms with Gasteiger partial charge in [0.15, 0.2) is 0 Å². The van der Waals surface area contributed by atoms with E-state index >= 15 is 0 Å². The van der Waals surface area contributed by atoms with E-state index in [-0.39, 0.29) is 38.1 Å². The van der Waals surface area contributed by atoms with Gasteiger partial charge in [-0.1, -0.05) is 40.7 Å². The summed E-state index contributed by atoms with van der Waals surface area (Å²) in [4.78, 5) is 29.8. The molecule has 1 aliphatic rings. The van der Waals surface area contributed by atoms with Gasteiger partial charge in [0.2, 0.25) is 5.91 Å². The van der Waals surface area contributed by atoms with Gasteiger partial charge < -0.3 is 10.6 Å². The summed E-state index contributed by atoms with van der Waals surface area (Å²) in [6.45, 7) is 0.805. The largest absolute Gasteiger partial charge is 0.399 e. The van der Waals surface area contributed by atoms with Gasteiger partial charge >= 0.3 is 6.18 Å². The summed E-state index contributed by atoms with van der Waals surface area (Å²) in [5, 5.41) is 4.68. The summed E-state index contributed by atoms with van der Waals surface area (Å²) in [6, 6.07) is 0. The van der Waals surface area contributed by atoms with Gasteiger partial charge in [0.1, 0.15) is 9.75 Å². The zero-order chi connectivity index (χ0) is 27.5. The number of nitrogens with one attached hydrogen (secondary N) is 2. The minimum absolute atomic E-state index is 0.0223. The van der Waals surface area contributed by atoms with Gasteiger partial charge in [0.25, 0.3) is 5.91 Å². The van der Waals surface area contributed by atoms with Gasteiger partial charge in [-0.15, -0.1) is 29.1 Å². The maximum Gasteiger partial charge on any atom is 0.399 e. The molecule has 37 heavy (non-hydrogen) atoms. The Labute approximate surface area is 235 Å². The lowest BCUT2D eigenvalue weighted by molar-refractivity contribution is -0.182. The van der Waals surface area contributed by atoms with Crippen LogP contribution in [0.25, 0.3) is 0 Å². The molecule has 13 heteroatoms. The fourth-order valence-electron chi connectivity index (χ4n) is 4.13. The fraction of sp³-hybridized carbons (Fsp3) is 0.458. The number of terminal acetylenes is 1. The molecular weight excluding hydrogens is 590 g/mol. The van der Waals surface area contributed by atoms with E-state index in [9.17, 15) is 22.8 Å². The quantitative estimate of drug-likeness (QED) is 0.266. The lowest BCUT2D eigenvalue weighted by Crippen LogP contribution is -2.41. The van der Waals surface area contributed by atoms with Gasteiger partial charge in [0.05, 0.1) is 38.6 Å². The summed E-state index contributed by atoms with van der Waals surface area (Å²) in [5.41, 5.74) is -0.631. The van der Waals surface area contributed by atoms with Crippen molar-refractivity contribution in [2.24, 2.45) is 4.99 Å². The Morgan fingerprint density at radius 2 is 1.68 bits per heavy atom. The lowest BCUT2D eigenvalue weighted by Gasteiger charge is -2.32. The van der Waals surface area contributed by atoms with E-state index in [1.165, 1.54) is 7.05 Å². The molecule has 0 aromatic carbocycles. The second-order valence-electron chi connectivity index (χ2n) is 8.60. The van der Waals surface area contributed by atoms with E-state index in [0.29, 0.717) is 33.9 Å². The van der Waals surface area contributed by atoms with Crippen LogP contribution in [0.2, 0.25) is 14.4 Å². The average molecular weight is 613 g/mol. The van der Waals surface area contributed by atoms with Gasteiger partial charge in [-0.2, -0.15) is 13.2 Å². The van der Waals surface area contributed by atoms with E-state index in [0.717, 1.165) is 42.2 Å². The zero-order valence-corrected chi connectivity index (χ0v) is 23.8. The van der Waals surface area contributed by atoms with Crippen molar-refractivity contribution in [2.45, 2.75) is 50.6 Å². The second kappa shape index (κ2) is 12.0. The number of aliphatic imine (C=N–C) groups is 1. The first kappa shape index (κ1) is 29.8. The lowest BCUT2D eigenvalue weighted by atomic mass is 9.80. The van der Waals surface area contributed by atoms with Crippen LogP contribution < -0.4 is 10.6 Å². The van der Waals surface area contributed by atoms with Gasteiger partial charge in [-0.25, -0.2) is 0 Å². The molecule has 0 fully saturated rings. The molecule has 0 aliphatic heterocycles. The Bertz CT molecular complexity index is 1280. The van der Waals surface area contributed by atoms with Crippen molar-refractivity contribution in [3.8, 4) is 12.3 Å². The zero-order valence-electron chi connectivity index (χ0n) is 19.9. The summed E-state index contributed by atoms with van der Waals surface area (Å²) >= 11 is 20.0. The number of rotatable bonds is 8. The van der Waals surface area contributed by atoms with Crippen LogP contribution in [0.4, 0.5) is 13.2 Å². The Morgan fingerprint density at radius 1 is 1.05 bits per heavy atom. The predicted molar refractivity (Wildman–Crippen MR) is 145 cm³/mol. The smallest absolute Gasteiger partial charge is 0.344 e. The minimum Gasteiger partial charge on any atom is -0.344 e. The van der Waals surface area contributed by atoms with Crippen LogP contribution in [0.3, 0.4) is 0 Å². The van der Waals surface area contributed by atoms with Crippen LogP contribution in [0.5, 0.6) is 0 Å². The van der Waals surface area contributed by atoms with E-state index in [1.807, 2.05) is 0 Å². The molecule has 0 saturated heterocycles. The first-order valence-electron chi connectivity index (χ1n) is 11.1. The summed E-state index contributed by atoms with van der Waals surface area (Å²) in [6.07, 6.45) is 2.78. The molecule has 3 rings (SSSR count). The van der Waals surface area contributed by atoms with Crippen LogP contribution in [-0.4, -0.2) is 43.8 Å². The SMILES string of the molecule is C#CCNC(=O)CNC(=O)c1sc(/C(C[C@@](C)(c2sc(Cl)c(Cl)c2Cl)C(F)(F)F)=N/C)c2c1CCCC2. The van der Waals surface area contributed by atoms with E-state index < -0.39 is 29.8 Å². The van der Waals surface area contributed by atoms with Crippen molar-refractivity contribution in [3.63, 3.8) is 0 Å². The third kappa shape index (κ3) is 6.12. The minimum atomic E-state index is -4.70. The number of carbonyl (C=O) groups excluding carboxylic acids is 2. The molecule has 0 saturated carbocycles. The van der Waals surface area contributed by atoms with Crippen molar-refractivity contribution >= 4 is 75.0 Å². The molecule has 2 aromatic rings. The molecule has 1 aliphatic carbocycles. The number of alkyl halides is 3. The maximum atomic E-state index is 14.6. The normalized spacial score (nSPS) is 15.5. The number of thiophene rings is 2. The molecule has 0 spiro atoms. The fourth-order valence-corrected chi connectivity index (χ4v) is 7.56. The Balaban J connectivity index is 2.00. The highest BCUT2D eigenvalue weighted by Crippen LogP contribution is 2.53. The summed E-state index contributed by atoms with van der Waals surface area (Å²) in [5.74, 6) is 1.35. The van der Waals surface area contributed by atoms with Gasteiger partial charge in [-0.3, -0.25) is 14.6 Å². The van der Waals surface area contributed by atoms with Crippen molar-refractivity contribution < 1.29 is 22.8 Å². The molecular formula is C24H23Cl3F3N3O2S2. The highest BCUT2D eigenvalue weighted by molar-refractivity contribution is 7.18. The predicted octanol–water partition coefficient (Wildman–Crippen LogP) is 6.46. The van der Waals surface area contributed by atoms with Crippen LogP contribution >= 0.6 is 57.5 Å². The topological polar surface area (TPSA) is 70.6 Å². The first-order valence-corrected chi connectivity index (χ1v) is 13.9. The molecule has 2 aromatic heterocycles. The van der Waals surface area contributed by atoms with Crippen LogP contribution in [0.1, 0.15) is 56.7 Å². The summed E-state index contributed by atoms with van der Waals surface area (Å²) in [7, 11) is 1.42. The van der Waals surface area contributed by atoms with Crippen molar-refractivity contribution in [3.05, 3.63) is 40.1 Å². The van der Waals surface area contributed by atoms with E-state index in [1.54, 1.807) is 0 Å². The number of halogens is 6. The Kier molecular flexibility index (Phi) is 9.62. The first-order chi connectivity index (χ1) is 17.4. The maximum absolute atomic E-state index is 14.6. The van der Waals surface area contributed by atoms with Crippen LogP contribution in [0.15, 0.2) is 4.99 Å². The average Bonchev–Trinajstić information content (AvgIpc) is 3.37. The molecule has 2 heterocycles. The molecule has 1 atom stereocenters. The van der Waals surface area contributed by atoms with Crippen LogP contribution in [-0.2, 0) is 23.1 Å². The van der Waals surface area contributed by atoms with E-state index in [2.05, 4.69) is 21.5 Å². The third-order valence-electron chi connectivity index (χ3n) is 6.16. The molecule has 2 N–H and O–H groups in total. The highest BCUT2D eigenvalue weighted by Gasteiger charge is 2.55. The second-order valence-corrected chi connectivity index (χ2v) is 12.0. The third-order valence-corrected chi connectivity index (χ3v) is 10.3. The molecule has 0 radical (unpaired) electrons. The summed E-state index contributed by atoms with van der Waals surface area (Å²) < 4.78 is 43.6.